The Morgan fingerprint density at radius 2 is 0.900 bits per heavy atom. The maximum atomic E-state index is 14.8. The average Bonchev–Trinajstić information content (AvgIpc) is 2.78. The minimum absolute atomic E-state index is 0.845. The highest BCUT2D eigenvalue weighted by Crippen LogP contribution is 2.43. The van der Waals surface area contributed by atoms with Gasteiger partial charge in [0.25, 0.3) is 0 Å². The Kier molecular flexibility index (Phi) is 5.14. The van der Waals surface area contributed by atoms with E-state index in [1.807, 2.05) is 54.6 Å². The SMILES string of the molecule is O=P(c1ccccc1)(c1ccc2cc(Br)ccc2c1)c1ccc2cc(Br)ccc2c1. The van der Waals surface area contributed by atoms with E-state index in [0.717, 1.165) is 46.4 Å². The summed E-state index contributed by atoms with van der Waals surface area (Å²) >= 11 is 7.07. The molecule has 5 aromatic carbocycles. The van der Waals surface area contributed by atoms with E-state index >= 15 is 0 Å². The van der Waals surface area contributed by atoms with Crippen molar-refractivity contribution < 1.29 is 4.57 Å². The summed E-state index contributed by atoms with van der Waals surface area (Å²) in [5, 5.41) is 6.94. The van der Waals surface area contributed by atoms with Crippen LogP contribution in [0.2, 0.25) is 0 Å². The van der Waals surface area contributed by atoms with E-state index in [2.05, 4.69) is 80.4 Å². The fraction of sp³-hybridized carbons (Fsp3) is 0. The number of benzene rings is 5. The van der Waals surface area contributed by atoms with Gasteiger partial charge in [0.15, 0.2) is 7.14 Å². The van der Waals surface area contributed by atoms with Crippen LogP contribution in [0.4, 0.5) is 0 Å². The second-order valence-corrected chi connectivity index (χ2v) is 11.9. The molecule has 0 unspecified atom stereocenters. The third kappa shape index (κ3) is 3.46. The van der Waals surface area contributed by atoms with Crippen LogP contribution < -0.4 is 15.9 Å². The molecule has 0 aliphatic rings. The normalized spacial score (nSPS) is 11.8. The van der Waals surface area contributed by atoms with Crippen LogP contribution in [0.3, 0.4) is 0 Å². The molecule has 146 valence electrons. The Labute approximate surface area is 192 Å². The number of halogens is 2. The van der Waals surface area contributed by atoms with Crippen molar-refractivity contribution in [2.45, 2.75) is 0 Å². The van der Waals surface area contributed by atoms with Crippen LogP contribution in [0.5, 0.6) is 0 Å². The van der Waals surface area contributed by atoms with E-state index in [0.29, 0.717) is 0 Å². The smallest absolute Gasteiger partial charge is 0.171 e. The van der Waals surface area contributed by atoms with Gasteiger partial charge in [-0.15, -0.1) is 0 Å². The van der Waals surface area contributed by atoms with Crippen LogP contribution in [0.15, 0.2) is 112 Å². The van der Waals surface area contributed by atoms with E-state index in [1.165, 1.54) is 0 Å². The zero-order valence-corrected chi connectivity index (χ0v) is 20.0. The summed E-state index contributed by atoms with van der Waals surface area (Å²) in [5.41, 5.74) is 0. The first-order valence-corrected chi connectivity index (χ1v) is 12.9. The number of hydrogen-bond donors (Lipinski definition) is 0. The Morgan fingerprint density at radius 3 is 1.40 bits per heavy atom. The van der Waals surface area contributed by atoms with E-state index in [-0.39, 0.29) is 0 Å². The van der Waals surface area contributed by atoms with Crippen molar-refractivity contribution in [2.24, 2.45) is 0 Å². The number of fused-ring (bicyclic) bond motifs is 2. The first kappa shape index (κ1) is 19.8. The summed E-state index contributed by atoms with van der Waals surface area (Å²) in [6.45, 7) is 0. The van der Waals surface area contributed by atoms with Gasteiger partial charge in [-0.1, -0.05) is 98.6 Å². The lowest BCUT2D eigenvalue weighted by atomic mass is 10.1. The van der Waals surface area contributed by atoms with E-state index in [4.69, 9.17) is 0 Å². The molecule has 0 saturated heterocycles. The highest BCUT2D eigenvalue weighted by Gasteiger charge is 2.30. The molecule has 0 spiro atoms. The molecule has 0 amide bonds. The van der Waals surface area contributed by atoms with Crippen molar-refractivity contribution in [3.8, 4) is 0 Å². The van der Waals surface area contributed by atoms with Crippen molar-refractivity contribution in [3.05, 3.63) is 112 Å². The van der Waals surface area contributed by atoms with Crippen LogP contribution >= 0.6 is 39.0 Å². The molecule has 1 nitrogen and oxygen atoms in total. The Morgan fingerprint density at radius 1 is 0.467 bits per heavy atom. The fourth-order valence-corrected chi connectivity index (χ4v) is 7.34. The van der Waals surface area contributed by atoms with Crippen LogP contribution in [0.1, 0.15) is 0 Å². The minimum Gasteiger partial charge on any atom is -0.309 e. The third-order valence-electron chi connectivity index (χ3n) is 5.42. The molecule has 0 atom stereocenters. The van der Waals surface area contributed by atoms with Gasteiger partial charge in [-0.3, -0.25) is 0 Å². The largest absolute Gasteiger partial charge is 0.309 e. The van der Waals surface area contributed by atoms with Crippen LogP contribution in [-0.4, -0.2) is 0 Å². The predicted molar refractivity (Wildman–Crippen MR) is 136 cm³/mol. The molecule has 0 aliphatic heterocycles. The van der Waals surface area contributed by atoms with E-state index in [9.17, 15) is 4.57 Å². The molecular formula is C26H17Br2OP. The van der Waals surface area contributed by atoms with Crippen LogP contribution in [-0.2, 0) is 4.57 Å². The third-order valence-corrected chi connectivity index (χ3v) is 9.44. The molecule has 0 bridgehead atoms. The molecular weight excluding hydrogens is 519 g/mol. The van der Waals surface area contributed by atoms with Crippen molar-refractivity contribution in [2.75, 3.05) is 0 Å². The quantitative estimate of drug-likeness (QED) is 0.224. The number of hydrogen-bond acceptors (Lipinski definition) is 1. The first-order chi connectivity index (χ1) is 14.5. The highest BCUT2D eigenvalue weighted by atomic mass is 79.9. The van der Waals surface area contributed by atoms with Crippen molar-refractivity contribution in [1.29, 1.82) is 0 Å². The van der Waals surface area contributed by atoms with Crippen molar-refractivity contribution >= 4 is 76.5 Å². The van der Waals surface area contributed by atoms with Crippen molar-refractivity contribution in [3.63, 3.8) is 0 Å². The molecule has 0 saturated carbocycles. The first-order valence-electron chi connectivity index (χ1n) is 9.59. The molecule has 30 heavy (non-hydrogen) atoms. The molecule has 0 N–H and O–H groups in total. The van der Waals surface area contributed by atoms with Gasteiger partial charge in [0.2, 0.25) is 0 Å². The average molecular weight is 536 g/mol. The zero-order valence-electron chi connectivity index (χ0n) is 15.9. The van der Waals surface area contributed by atoms with E-state index in [1.54, 1.807) is 0 Å². The molecule has 0 fully saturated rings. The van der Waals surface area contributed by atoms with E-state index < -0.39 is 7.14 Å². The molecule has 0 radical (unpaired) electrons. The summed E-state index contributed by atoms with van der Waals surface area (Å²) in [6, 6.07) is 34.4. The molecule has 4 heteroatoms. The molecule has 5 aromatic rings. The Bertz CT molecular complexity index is 1350. The second kappa shape index (κ2) is 7.81. The summed E-state index contributed by atoms with van der Waals surface area (Å²) in [5.74, 6) is 0. The van der Waals surface area contributed by atoms with Gasteiger partial charge in [0, 0.05) is 24.9 Å². The van der Waals surface area contributed by atoms with Gasteiger partial charge in [-0.05, 0) is 57.9 Å². The maximum Gasteiger partial charge on any atom is 0.171 e. The Hall–Kier alpha value is -2.19. The van der Waals surface area contributed by atoms with Gasteiger partial charge in [-0.2, -0.15) is 0 Å². The second-order valence-electron chi connectivity index (χ2n) is 7.30. The monoisotopic (exact) mass is 534 g/mol. The van der Waals surface area contributed by atoms with Crippen molar-refractivity contribution in [1.82, 2.24) is 0 Å². The van der Waals surface area contributed by atoms with Gasteiger partial charge in [-0.25, -0.2) is 0 Å². The van der Waals surface area contributed by atoms with Crippen LogP contribution in [0.25, 0.3) is 21.5 Å². The van der Waals surface area contributed by atoms with Gasteiger partial charge >= 0.3 is 0 Å². The lowest BCUT2D eigenvalue weighted by Crippen LogP contribution is -2.25. The molecule has 0 heterocycles. The molecule has 0 aliphatic carbocycles. The Balaban J connectivity index is 1.78. The molecule has 5 rings (SSSR count). The highest BCUT2D eigenvalue weighted by molar-refractivity contribution is 9.10. The van der Waals surface area contributed by atoms with Crippen LogP contribution in [0, 0.1) is 0 Å². The summed E-state index contributed by atoms with van der Waals surface area (Å²) < 4.78 is 16.9. The lowest BCUT2D eigenvalue weighted by Gasteiger charge is -2.21. The van der Waals surface area contributed by atoms with Gasteiger partial charge in [0.1, 0.15) is 0 Å². The maximum absolute atomic E-state index is 14.8. The predicted octanol–water partition coefficient (Wildman–Crippen LogP) is 7.16. The lowest BCUT2D eigenvalue weighted by molar-refractivity contribution is 0.592. The topological polar surface area (TPSA) is 17.1 Å². The molecule has 0 aromatic heterocycles. The number of rotatable bonds is 3. The minimum atomic E-state index is -3.03. The standard InChI is InChI=1S/C26H17Br2OP/c27-22-10-6-20-16-25(12-8-18(20)14-22)30(29,24-4-2-1-3-5-24)26-13-9-19-15-23(28)11-7-21(19)17-26/h1-17H. The zero-order chi connectivity index (χ0) is 20.7. The fourth-order valence-electron chi connectivity index (χ4n) is 3.88. The summed E-state index contributed by atoms with van der Waals surface area (Å²) in [6.07, 6.45) is 0. The summed E-state index contributed by atoms with van der Waals surface area (Å²) in [4.78, 5) is 0. The summed E-state index contributed by atoms with van der Waals surface area (Å²) in [7, 11) is -3.03. The van der Waals surface area contributed by atoms with Gasteiger partial charge in [0.05, 0.1) is 0 Å². The van der Waals surface area contributed by atoms with Gasteiger partial charge < -0.3 is 4.57 Å².